The van der Waals surface area contributed by atoms with Crippen molar-refractivity contribution < 1.29 is 0 Å². The first-order valence-electron chi connectivity index (χ1n) is 7.47. The molecule has 1 aromatic carbocycles. The summed E-state index contributed by atoms with van der Waals surface area (Å²) in [5.41, 5.74) is 1.35. The van der Waals surface area contributed by atoms with Crippen molar-refractivity contribution in [3.8, 4) is 0 Å². The van der Waals surface area contributed by atoms with Crippen molar-refractivity contribution in [2.45, 2.75) is 38.6 Å². The molecule has 0 aromatic heterocycles. The van der Waals surface area contributed by atoms with Crippen LogP contribution in [0.1, 0.15) is 44.2 Å². The van der Waals surface area contributed by atoms with E-state index in [0.717, 1.165) is 6.54 Å². The molecule has 1 heterocycles. The average Bonchev–Trinajstić information content (AvgIpc) is 2.45. The highest BCUT2D eigenvalue weighted by atomic mass is 79.9. The van der Waals surface area contributed by atoms with Crippen LogP contribution in [0.3, 0.4) is 0 Å². The van der Waals surface area contributed by atoms with E-state index in [1.807, 2.05) is 0 Å². The summed E-state index contributed by atoms with van der Waals surface area (Å²) in [6, 6.07) is 8.88. The molecule has 1 unspecified atom stereocenters. The number of piperidine rings is 1. The van der Waals surface area contributed by atoms with E-state index >= 15 is 0 Å². The molecule has 0 spiro atoms. The summed E-state index contributed by atoms with van der Waals surface area (Å²) in [5, 5.41) is 3.62. The Morgan fingerprint density at radius 2 is 1.95 bits per heavy atom. The van der Waals surface area contributed by atoms with E-state index in [2.05, 4.69) is 57.3 Å². The van der Waals surface area contributed by atoms with Crippen LogP contribution < -0.4 is 5.32 Å². The SMILES string of the molecule is CC(NCCCN1CCCCC1)c1ccccc1Br. The van der Waals surface area contributed by atoms with E-state index in [-0.39, 0.29) is 0 Å². The number of hydrogen-bond acceptors (Lipinski definition) is 2. The van der Waals surface area contributed by atoms with Crippen molar-refractivity contribution in [1.82, 2.24) is 10.2 Å². The molecular weight excluding hydrogens is 300 g/mol. The number of halogens is 1. The highest BCUT2D eigenvalue weighted by molar-refractivity contribution is 9.10. The number of hydrogen-bond donors (Lipinski definition) is 1. The van der Waals surface area contributed by atoms with E-state index in [1.165, 1.54) is 55.4 Å². The third-order valence-electron chi connectivity index (χ3n) is 3.92. The van der Waals surface area contributed by atoms with Crippen LogP contribution in [0.15, 0.2) is 28.7 Å². The molecule has 2 rings (SSSR count). The van der Waals surface area contributed by atoms with Gasteiger partial charge in [0, 0.05) is 10.5 Å². The zero-order valence-corrected chi connectivity index (χ0v) is 13.5. The summed E-state index contributed by atoms with van der Waals surface area (Å²) in [7, 11) is 0. The minimum Gasteiger partial charge on any atom is -0.310 e. The number of likely N-dealkylation sites (tertiary alicyclic amines) is 1. The Morgan fingerprint density at radius 1 is 1.21 bits per heavy atom. The van der Waals surface area contributed by atoms with Gasteiger partial charge in [0.15, 0.2) is 0 Å². The summed E-state index contributed by atoms with van der Waals surface area (Å²) in [5.74, 6) is 0. The van der Waals surface area contributed by atoms with Crippen LogP contribution in [0, 0.1) is 0 Å². The summed E-state index contributed by atoms with van der Waals surface area (Å²) in [6.45, 7) is 7.19. The summed E-state index contributed by atoms with van der Waals surface area (Å²) >= 11 is 3.62. The van der Waals surface area contributed by atoms with Gasteiger partial charge in [-0.05, 0) is 64.0 Å². The molecule has 0 radical (unpaired) electrons. The lowest BCUT2D eigenvalue weighted by Gasteiger charge is -2.26. The zero-order valence-electron chi connectivity index (χ0n) is 11.9. The van der Waals surface area contributed by atoms with Crippen LogP contribution in [0.2, 0.25) is 0 Å². The average molecular weight is 325 g/mol. The van der Waals surface area contributed by atoms with Gasteiger partial charge in [0.2, 0.25) is 0 Å². The number of nitrogens with one attached hydrogen (secondary N) is 1. The van der Waals surface area contributed by atoms with Gasteiger partial charge in [0.05, 0.1) is 0 Å². The van der Waals surface area contributed by atoms with E-state index in [0.29, 0.717) is 6.04 Å². The lowest BCUT2D eigenvalue weighted by molar-refractivity contribution is 0.225. The number of rotatable bonds is 6. The molecule has 0 saturated carbocycles. The zero-order chi connectivity index (χ0) is 13.5. The van der Waals surface area contributed by atoms with Crippen molar-refractivity contribution >= 4 is 15.9 Å². The minimum absolute atomic E-state index is 0.414. The molecule has 2 nitrogen and oxygen atoms in total. The van der Waals surface area contributed by atoms with Crippen molar-refractivity contribution in [2.75, 3.05) is 26.2 Å². The molecule has 3 heteroatoms. The van der Waals surface area contributed by atoms with Gasteiger partial charge in [-0.2, -0.15) is 0 Å². The molecule has 0 bridgehead atoms. The molecule has 106 valence electrons. The van der Waals surface area contributed by atoms with Gasteiger partial charge in [-0.1, -0.05) is 40.5 Å². The Kier molecular flexibility index (Phi) is 6.35. The molecular formula is C16H25BrN2. The standard InChI is InChI=1S/C16H25BrN2/c1-14(15-8-3-4-9-16(15)17)18-10-7-13-19-11-5-2-6-12-19/h3-4,8-9,14,18H,2,5-7,10-13H2,1H3. The largest absolute Gasteiger partial charge is 0.310 e. The first-order valence-corrected chi connectivity index (χ1v) is 8.27. The van der Waals surface area contributed by atoms with Crippen LogP contribution in [-0.2, 0) is 0 Å². The molecule has 1 atom stereocenters. The predicted octanol–water partition coefficient (Wildman–Crippen LogP) is 3.98. The second-order valence-electron chi connectivity index (χ2n) is 5.45. The van der Waals surface area contributed by atoms with Gasteiger partial charge in [0.1, 0.15) is 0 Å². The Balaban J connectivity index is 1.66. The van der Waals surface area contributed by atoms with E-state index < -0.39 is 0 Å². The van der Waals surface area contributed by atoms with Crippen molar-refractivity contribution in [2.24, 2.45) is 0 Å². The Morgan fingerprint density at radius 3 is 2.68 bits per heavy atom. The second-order valence-corrected chi connectivity index (χ2v) is 6.31. The lowest BCUT2D eigenvalue weighted by Crippen LogP contribution is -2.32. The molecule has 0 amide bonds. The van der Waals surface area contributed by atoms with Gasteiger partial charge >= 0.3 is 0 Å². The normalized spacial score (nSPS) is 18.4. The summed E-state index contributed by atoms with van der Waals surface area (Å²) in [6.07, 6.45) is 5.45. The van der Waals surface area contributed by atoms with Gasteiger partial charge < -0.3 is 10.2 Å². The maximum absolute atomic E-state index is 3.62. The molecule has 1 saturated heterocycles. The van der Waals surface area contributed by atoms with Crippen molar-refractivity contribution in [3.05, 3.63) is 34.3 Å². The first kappa shape index (κ1) is 15.0. The fourth-order valence-electron chi connectivity index (χ4n) is 2.74. The van der Waals surface area contributed by atoms with Crippen LogP contribution in [0.4, 0.5) is 0 Å². The third-order valence-corrected chi connectivity index (χ3v) is 4.64. The van der Waals surface area contributed by atoms with Gasteiger partial charge in [-0.3, -0.25) is 0 Å². The van der Waals surface area contributed by atoms with Crippen molar-refractivity contribution in [1.29, 1.82) is 0 Å². The van der Waals surface area contributed by atoms with Crippen LogP contribution >= 0.6 is 15.9 Å². The lowest BCUT2D eigenvalue weighted by atomic mass is 10.1. The fraction of sp³-hybridized carbons (Fsp3) is 0.625. The van der Waals surface area contributed by atoms with Crippen molar-refractivity contribution in [3.63, 3.8) is 0 Å². The highest BCUT2D eigenvalue weighted by Gasteiger charge is 2.10. The Bertz CT molecular complexity index is 375. The van der Waals surface area contributed by atoms with E-state index in [1.54, 1.807) is 0 Å². The molecule has 1 aliphatic rings. The van der Waals surface area contributed by atoms with E-state index in [9.17, 15) is 0 Å². The molecule has 1 N–H and O–H groups in total. The second kappa shape index (κ2) is 8.03. The first-order chi connectivity index (χ1) is 9.27. The topological polar surface area (TPSA) is 15.3 Å². The predicted molar refractivity (Wildman–Crippen MR) is 85.5 cm³/mol. The van der Waals surface area contributed by atoms with E-state index in [4.69, 9.17) is 0 Å². The van der Waals surface area contributed by atoms with Crippen LogP contribution in [0.25, 0.3) is 0 Å². The summed E-state index contributed by atoms with van der Waals surface area (Å²) < 4.78 is 1.20. The number of nitrogens with zero attached hydrogens (tertiary/aromatic N) is 1. The quantitative estimate of drug-likeness (QED) is 0.796. The smallest absolute Gasteiger partial charge is 0.0302 e. The maximum Gasteiger partial charge on any atom is 0.0302 e. The molecule has 1 aromatic rings. The highest BCUT2D eigenvalue weighted by Crippen LogP contribution is 2.22. The van der Waals surface area contributed by atoms with Gasteiger partial charge in [0.25, 0.3) is 0 Å². The minimum atomic E-state index is 0.414. The summed E-state index contributed by atoms with van der Waals surface area (Å²) in [4.78, 5) is 2.61. The van der Waals surface area contributed by atoms with Crippen LogP contribution in [0.5, 0.6) is 0 Å². The van der Waals surface area contributed by atoms with Crippen LogP contribution in [-0.4, -0.2) is 31.1 Å². The Labute approximate surface area is 125 Å². The molecule has 19 heavy (non-hydrogen) atoms. The monoisotopic (exact) mass is 324 g/mol. The third kappa shape index (κ3) is 4.90. The van der Waals surface area contributed by atoms with Gasteiger partial charge in [-0.15, -0.1) is 0 Å². The number of benzene rings is 1. The van der Waals surface area contributed by atoms with Gasteiger partial charge in [-0.25, -0.2) is 0 Å². The Hall–Kier alpha value is -0.380. The maximum atomic E-state index is 3.62. The fourth-order valence-corrected chi connectivity index (χ4v) is 3.37. The molecule has 1 aliphatic heterocycles. The molecule has 1 fully saturated rings. The molecule has 0 aliphatic carbocycles.